The van der Waals surface area contributed by atoms with Gasteiger partial charge in [-0.15, -0.1) is 0 Å². The van der Waals surface area contributed by atoms with E-state index in [9.17, 15) is 4.79 Å². The lowest BCUT2D eigenvalue weighted by Crippen LogP contribution is -2.40. The maximum absolute atomic E-state index is 12.6. The molecule has 1 amide bonds. The van der Waals surface area contributed by atoms with E-state index in [0.29, 0.717) is 12.4 Å². The van der Waals surface area contributed by atoms with Crippen molar-refractivity contribution in [2.45, 2.75) is 26.3 Å². The largest absolute Gasteiger partial charge is 0.436 e. The minimum Gasteiger partial charge on any atom is -0.436 e. The molecule has 160 valence electrons. The Labute approximate surface area is 190 Å². The third-order valence-corrected chi connectivity index (χ3v) is 5.86. The lowest BCUT2D eigenvalue weighted by Gasteiger charge is -2.32. The minimum atomic E-state index is 0.00113. The molecule has 0 bridgehead atoms. The number of carbonyl (C=O) groups excluding carboxylic acids is 1. The van der Waals surface area contributed by atoms with Gasteiger partial charge >= 0.3 is 0 Å². The second-order valence-electron chi connectivity index (χ2n) is 7.71. The first kappa shape index (κ1) is 21.3. The van der Waals surface area contributed by atoms with E-state index >= 15 is 0 Å². The van der Waals surface area contributed by atoms with Crippen LogP contribution in [0.3, 0.4) is 0 Å². The van der Waals surface area contributed by atoms with Crippen molar-refractivity contribution in [3.8, 4) is 11.6 Å². The summed E-state index contributed by atoms with van der Waals surface area (Å²) < 4.78 is 7.03. The number of benzene rings is 2. The van der Waals surface area contributed by atoms with Gasteiger partial charge in [-0.25, -0.2) is 9.97 Å². The smallest absolute Gasteiger partial charge is 0.263 e. The van der Waals surface area contributed by atoms with E-state index in [1.165, 1.54) is 0 Å². The van der Waals surface area contributed by atoms with Gasteiger partial charge in [-0.05, 0) is 55.2 Å². The Morgan fingerprint density at radius 2 is 1.90 bits per heavy atom. The van der Waals surface area contributed by atoms with Crippen LogP contribution in [-0.2, 0) is 11.3 Å². The molecule has 3 aromatic rings. The molecular weight excluding hydrogens is 456 g/mol. The number of nitrogens with zero attached hydrogens (tertiary/aromatic N) is 3. The highest BCUT2D eigenvalue weighted by Crippen LogP contribution is 2.31. The standard InChI is InChI=1S/C24H25BrN4O2/c1-17-4-2-7-21(14-17)31-24-22(26-10-11-27-24)29-12-8-19(9-13-29)23(30)28-16-18-5-3-6-20(25)15-18/h2-7,10-11,14-15,19H,8-9,12-13,16H2,1H3,(H,28,30). The second kappa shape index (κ2) is 9.92. The van der Waals surface area contributed by atoms with Crippen molar-refractivity contribution in [1.82, 2.24) is 15.3 Å². The molecule has 1 fully saturated rings. The number of hydrogen-bond acceptors (Lipinski definition) is 5. The summed E-state index contributed by atoms with van der Waals surface area (Å²) >= 11 is 3.47. The van der Waals surface area contributed by atoms with Gasteiger partial charge in [-0.3, -0.25) is 4.79 Å². The molecule has 0 aliphatic carbocycles. The molecule has 0 unspecified atom stereocenters. The Balaban J connectivity index is 1.35. The molecule has 31 heavy (non-hydrogen) atoms. The topological polar surface area (TPSA) is 67.4 Å². The Bertz CT molecular complexity index is 1050. The van der Waals surface area contributed by atoms with Crippen molar-refractivity contribution < 1.29 is 9.53 Å². The number of aryl methyl sites for hydroxylation is 1. The number of ether oxygens (including phenoxy) is 1. The summed E-state index contributed by atoms with van der Waals surface area (Å²) in [5.74, 6) is 2.06. The lowest BCUT2D eigenvalue weighted by atomic mass is 9.96. The molecule has 0 saturated carbocycles. The molecule has 7 heteroatoms. The monoisotopic (exact) mass is 480 g/mol. The maximum atomic E-state index is 12.6. The summed E-state index contributed by atoms with van der Waals surface area (Å²) in [6.45, 7) is 4.03. The minimum absolute atomic E-state index is 0.00113. The van der Waals surface area contributed by atoms with Crippen LogP contribution in [0.4, 0.5) is 5.82 Å². The first-order chi connectivity index (χ1) is 15.1. The number of aromatic nitrogens is 2. The van der Waals surface area contributed by atoms with E-state index in [0.717, 1.165) is 53.1 Å². The highest BCUT2D eigenvalue weighted by Gasteiger charge is 2.27. The quantitative estimate of drug-likeness (QED) is 0.544. The average Bonchev–Trinajstić information content (AvgIpc) is 2.78. The molecule has 2 heterocycles. The van der Waals surface area contributed by atoms with Gasteiger partial charge in [0.15, 0.2) is 5.82 Å². The van der Waals surface area contributed by atoms with Crippen LogP contribution in [0.25, 0.3) is 0 Å². The summed E-state index contributed by atoms with van der Waals surface area (Å²) in [5.41, 5.74) is 2.20. The molecule has 1 aliphatic heterocycles. The van der Waals surface area contributed by atoms with E-state index < -0.39 is 0 Å². The summed E-state index contributed by atoms with van der Waals surface area (Å²) in [4.78, 5) is 23.7. The van der Waals surface area contributed by atoms with Gasteiger partial charge in [-0.2, -0.15) is 0 Å². The van der Waals surface area contributed by atoms with Gasteiger partial charge in [-0.1, -0.05) is 40.2 Å². The number of halogens is 1. The number of nitrogens with one attached hydrogen (secondary N) is 1. The van der Waals surface area contributed by atoms with Crippen LogP contribution in [0, 0.1) is 12.8 Å². The van der Waals surface area contributed by atoms with Crippen molar-refractivity contribution in [3.05, 3.63) is 76.5 Å². The zero-order valence-corrected chi connectivity index (χ0v) is 19.0. The van der Waals surface area contributed by atoms with E-state index in [4.69, 9.17) is 4.74 Å². The second-order valence-corrected chi connectivity index (χ2v) is 8.63. The summed E-state index contributed by atoms with van der Waals surface area (Å²) in [6, 6.07) is 15.8. The predicted octanol–water partition coefficient (Wildman–Crippen LogP) is 4.87. The molecule has 0 atom stereocenters. The van der Waals surface area contributed by atoms with Crippen LogP contribution >= 0.6 is 15.9 Å². The van der Waals surface area contributed by atoms with Crippen LogP contribution in [0.1, 0.15) is 24.0 Å². The Morgan fingerprint density at radius 3 is 2.68 bits per heavy atom. The van der Waals surface area contributed by atoms with Crippen molar-refractivity contribution in [3.63, 3.8) is 0 Å². The number of hydrogen-bond donors (Lipinski definition) is 1. The predicted molar refractivity (Wildman–Crippen MR) is 124 cm³/mol. The van der Waals surface area contributed by atoms with Gasteiger partial charge in [0.05, 0.1) is 0 Å². The fourth-order valence-electron chi connectivity index (χ4n) is 3.73. The fraction of sp³-hybridized carbons (Fsp3) is 0.292. The lowest BCUT2D eigenvalue weighted by molar-refractivity contribution is -0.125. The molecule has 0 radical (unpaired) electrons. The highest BCUT2D eigenvalue weighted by molar-refractivity contribution is 9.10. The van der Waals surface area contributed by atoms with Crippen LogP contribution in [0.5, 0.6) is 11.6 Å². The van der Waals surface area contributed by atoms with Gasteiger partial charge in [0.25, 0.3) is 5.88 Å². The highest BCUT2D eigenvalue weighted by atomic mass is 79.9. The third kappa shape index (κ3) is 5.61. The van der Waals surface area contributed by atoms with Gasteiger partial charge < -0.3 is 15.0 Å². The van der Waals surface area contributed by atoms with Crippen molar-refractivity contribution in [2.75, 3.05) is 18.0 Å². The van der Waals surface area contributed by atoms with Crippen LogP contribution in [-0.4, -0.2) is 29.0 Å². The van der Waals surface area contributed by atoms with Gasteiger partial charge in [0.1, 0.15) is 5.75 Å². The molecule has 6 nitrogen and oxygen atoms in total. The summed E-state index contributed by atoms with van der Waals surface area (Å²) in [6.07, 6.45) is 4.85. The third-order valence-electron chi connectivity index (χ3n) is 5.37. The number of carbonyl (C=O) groups is 1. The number of piperidine rings is 1. The molecule has 1 aromatic heterocycles. The first-order valence-corrected chi connectivity index (χ1v) is 11.2. The Morgan fingerprint density at radius 1 is 1.13 bits per heavy atom. The molecule has 2 aromatic carbocycles. The number of amides is 1. The molecule has 1 saturated heterocycles. The van der Waals surface area contributed by atoms with Crippen molar-refractivity contribution >= 4 is 27.7 Å². The molecule has 1 N–H and O–H groups in total. The number of rotatable bonds is 6. The zero-order valence-electron chi connectivity index (χ0n) is 17.4. The van der Waals surface area contributed by atoms with E-state index in [-0.39, 0.29) is 11.8 Å². The molecule has 1 aliphatic rings. The average molecular weight is 481 g/mol. The number of anilines is 1. The molecular formula is C24H25BrN4O2. The molecule has 4 rings (SSSR count). The fourth-order valence-corrected chi connectivity index (χ4v) is 4.18. The zero-order chi connectivity index (χ0) is 21.6. The summed E-state index contributed by atoms with van der Waals surface area (Å²) in [7, 11) is 0. The van der Waals surface area contributed by atoms with E-state index in [2.05, 4.69) is 36.1 Å². The normalized spacial score (nSPS) is 14.3. The van der Waals surface area contributed by atoms with Gasteiger partial charge in [0.2, 0.25) is 5.91 Å². The van der Waals surface area contributed by atoms with Crippen LogP contribution in [0.2, 0.25) is 0 Å². The van der Waals surface area contributed by atoms with E-state index in [1.54, 1.807) is 12.4 Å². The van der Waals surface area contributed by atoms with Gasteiger partial charge in [0, 0.05) is 42.4 Å². The maximum Gasteiger partial charge on any atom is 0.263 e. The van der Waals surface area contributed by atoms with Crippen LogP contribution in [0.15, 0.2) is 65.4 Å². The van der Waals surface area contributed by atoms with Crippen molar-refractivity contribution in [2.24, 2.45) is 5.92 Å². The Kier molecular flexibility index (Phi) is 6.82. The first-order valence-electron chi connectivity index (χ1n) is 10.4. The SMILES string of the molecule is Cc1cccc(Oc2nccnc2N2CCC(C(=O)NCc3cccc(Br)c3)CC2)c1. The van der Waals surface area contributed by atoms with Crippen LogP contribution < -0.4 is 15.0 Å². The Hall–Kier alpha value is -2.93. The summed E-state index contributed by atoms with van der Waals surface area (Å²) in [5, 5.41) is 3.07. The molecule has 0 spiro atoms. The van der Waals surface area contributed by atoms with Crippen molar-refractivity contribution in [1.29, 1.82) is 0 Å². The van der Waals surface area contributed by atoms with E-state index in [1.807, 2.05) is 55.5 Å².